The van der Waals surface area contributed by atoms with Gasteiger partial charge in [-0.25, -0.2) is 4.98 Å². The SMILES string of the molecule is Nc1c(O)cccc1Oc1cnccn1. The lowest BCUT2D eigenvalue weighted by Crippen LogP contribution is -1.93. The van der Waals surface area contributed by atoms with Gasteiger partial charge in [0, 0.05) is 12.4 Å². The van der Waals surface area contributed by atoms with Gasteiger partial charge in [0.25, 0.3) is 0 Å². The number of phenolic OH excluding ortho intramolecular Hbond substituents is 1. The van der Waals surface area contributed by atoms with Crippen LogP contribution < -0.4 is 10.5 Å². The molecule has 0 atom stereocenters. The Morgan fingerprint density at radius 1 is 1.27 bits per heavy atom. The van der Waals surface area contributed by atoms with Gasteiger partial charge in [0.05, 0.1) is 6.20 Å². The Labute approximate surface area is 86.2 Å². The fraction of sp³-hybridized carbons (Fsp3) is 0. The van der Waals surface area contributed by atoms with E-state index in [1.165, 1.54) is 18.5 Å². The summed E-state index contributed by atoms with van der Waals surface area (Å²) in [7, 11) is 0. The molecule has 1 aromatic heterocycles. The fourth-order valence-corrected chi connectivity index (χ4v) is 1.07. The molecule has 0 amide bonds. The first-order valence-corrected chi connectivity index (χ1v) is 4.28. The molecule has 0 saturated heterocycles. The van der Waals surface area contributed by atoms with Crippen LogP contribution in [0.4, 0.5) is 5.69 Å². The van der Waals surface area contributed by atoms with Crippen LogP contribution in [0.3, 0.4) is 0 Å². The second-order valence-electron chi connectivity index (χ2n) is 2.83. The highest BCUT2D eigenvalue weighted by atomic mass is 16.5. The molecule has 0 aliphatic heterocycles. The maximum atomic E-state index is 9.34. The van der Waals surface area contributed by atoms with Crippen molar-refractivity contribution in [3.05, 3.63) is 36.8 Å². The maximum absolute atomic E-state index is 9.34. The van der Waals surface area contributed by atoms with Crippen LogP contribution in [0, 0.1) is 0 Å². The molecule has 0 fully saturated rings. The molecule has 1 aromatic carbocycles. The molecule has 0 bridgehead atoms. The van der Waals surface area contributed by atoms with Crippen LogP contribution in [0.5, 0.6) is 17.4 Å². The van der Waals surface area contributed by atoms with Crippen molar-refractivity contribution in [2.75, 3.05) is 5.73 Å². The van der Waals surface area contributed by atoms with Gasteiger partial charge >= 0.3 is 0 Å². The monoisotopic (exact) mass is 203 g/mol. The highest BCUT2D eigenvalue weighted by molar-refractivity contribution is 5.62. The van der Waals surface area contributed by atoms with Gasteiger partial charge in [0.2, 0.25) is 5.88 Å². The summed E-state index contributed by atoms with van der Waals surface area (Å²) in [5, 5.41) is 9.34. The smallest absolute Gasteiger partial charge is 0.237 e. The molecule has 5 nitrogen and oxygen atoms in total. The summed E-state index contributed by atoms with van der Waals surface area (Å²) in [5.41, 5.74) is 5.79. The van der Waals surface area contributed by atoms with E-state index in [9.17, 15) is 5.11 Å². The molecule has 0 spiro atoms. The van der Waals surface area contributed by atoms with Crippen molar-refractivity contribution < 1.29 is 9.84 Å². The van der Waals surface area contributed by atoms with Gasteiger partial charge in [0.15, 0.2) is 5.75 Å². The number of nitrogens with two attached hydrogens (primary N) is 1. The van der Waals surface area contributed by atoms with E-state index in [0.717, 1.165) is 0 Å². The third-order valence-electron chi connectivity index (χ3n) is 1.80. The summed E-state index contributed by atoms with van der Waals surface area (Å²) in [6, 6.07) is 4.76. The highest BCUT2D eigenvalue weighted by Crippen LogP contribution is 2.32. The average Bonchev–Trinajstić information content (AvgIpc) is 2.26. The summed E-state index contributed by atoms with van der Waals surface area (Å²) in [5.74, 6) is 0.668. The van der Waals surface area contributed by atoms with Crippen LogP contribution in [0.1, 0.15) is 0 Å². The van der Waals surface area contributed by atoms with E-state index in [1.807, 2.05) is 0 Å². The molecule has 1 heterocycles. The van der Waals surface area contributed by atoms with E-state index in [2.05, 4.69) is 9.97 Å². The molecular formula is C10H9N3O2. The Kier molecular flexibility index (Phi) is 2.37. The van der Waals surface area contributed by atoms with Gasteiger partial charge in [-0.2, -0.15) is 0 Å². The number of hydrogen-bond donors (Lipinski definition) is 2. The normalized spacial score (nSPS) is 9.87. The predicted octanol–water partition coefficient (Wildman–Crippen LogP) is 1.56. The molecule has 0 aliphatic carbocycles. The average molecular weight is 203 g/mol. The first kappa shape index (κ1) is 9.26. The highest BCUT2D eigenvalue weighted by Gasteiger charge is 2.06. The number of rotatable bonds is 2. The Hall–Kier alpha value is -2.30. The number of phenols is 1. The first-order valence-electron chi connectivity index (χ1n) is 4.28. The summed E-state index contributed by atoms with van der Waals surface area (Å²) < 4.78 is 5.33. The molecule has 15 heavy (non-hydrogen) atoms. The predicted molar refractivity (Wildman–Crippen MR) is 54.6 cm³/mol. The summed E-state index contributed by atoms with van der Waals surface area (Å²) in [6.45, 7) is 0. The van der Waals surface area contributed by atoms with Crippen LogP contribution >= 0.6 is 0 Å². The standard InChI is InChI=1S/C10H9N3O2/c11-10-7(14)2-1-3-8(10)15-9-6-12-4-5-13-9/h1-6,14H,11H2. The maximum Gasteiger partial charge on any atom is 0.237 e. The largest absolute Gasteiger partial charge is 0.506 e. The number of para-hydroxylation sites is 1. The molecule has 5 heteroatoms. The Bertz CT molecular complexity index is 459. The molecule has 0 unspecified atom stereocenters. The van der Waals surface area contributed by atoms with Crippen LogP contribution in [-0.4, -0.2) is 15.1 Å². The molecular weight excluding hydrogens is 194 g/mol. The van der Waals surface area contributed by atoms with Crippen molar-refractivity contribution in [3.8, 4) is 17.4 Å². The molecule has 0 aliphatic rings. The molecule has 0 radical (unpaired) electrons. The lowest BCUT2D eigenvalue weighted by molar-refractivity contribution is 0.448. The molecule has 76 valence electrons. The number of nitrogens with zero attached hydrogens (tertiary/aromatic N) is 2. The number of hydrogen-bond acceptors (Lipinski definition) is 5. The van der Waals surface area contributed by atoms with Crippen LogP contribution in [0.2, 0.25) is 0 Å². The third kappa shape index (κ3) is 1.96. The van der Waals surface area contributed by atoms with Crippen LogP contribution in [-0.2, 0) is 0 Å². The number of aromatic hydroxyl groups is 1. The zero-order valence-corrected chi connectivity index (χ0v) is 7.79. The number of aromatic nitrogens is 2. The lowest BCUT2D eigenvalue weighted by Gasteiger charge is -2.07. The zero-order chi connectivity index (χ0) is 10.7. The van der Waals surface area contributed by atoms with E-state index in [0.29, 0.717) is 11.6 Å². The Morgan fingerprint density at radius 2 is 2.13 bits per heavy atom. The van der Waals surface area contributed by atoms with E-state index >= 15 is 0 Å². The van der Waals surface area contributed by atoms with Gasteiger partial charge in [-0.1, -0.05) is 6.07 Å². The molecule has 2 rings (SSSR count). The zero-order valence-electron chi connectivity index (χ0n) is 7.79. The molecule has 2 aromatic rings. The topological polar surface area (TPSA) is 81.3 Å². The third-order valence-corrected chi connectivity index (χ3v) is 1.80. The van der Waals surface area contributed by atoms with Crippen LogP contribution in [0.25, 0.3) is 0 Å². The number of anilines is 1. The van der Waals surface area contributed by atoms with E-state index in [1.54, 1.807) is 18.3 Å². The number of nitrogen functional groups attached to an aromatic ring is 1. The van der Waals surface area contributed by atoms with Crippen molar-refractivity contribution in [2.24, 2.45) is 0 Å². The Morgan fingerprint density at radius 3 is 2.87 bits per heavy atom. The quantitative estimate of drug-likeness (QED) is 0.571. The van der Waals surface area contributed by atoms with E-state index in [4.69, 9.17) is 10.5 Å². The second-order valence-corrected chi connectivity index (χ2v) is 2.83. The first-order chi connectivity index (χ1) is 7.27. The fourth-order valence-electron chi connectivity index (χ4n) is 1.07. The van der Waals surface area contributed by atoms with Gasteiger partial charge in [-0.15, -0.1) is 0 Å². The molecule has 3 N–H and O–H groups in total. The van der Waals surface area contributed by atoms with Gasteiger partial charge in [-0.3, -0.25) is 4.98 Å². The Balaban J connectivity index is 2.29. The number of ether oxygens (including phenoxy) is 1. The summed E-state index contributed by atoms with van der Waals surface area (Å²) >= 11 is 0. The van der Waals surface area contributed by atoms with Crippen molar-refractivity contribution in [2.45, 2.75) is 0 Å². The van der Waals surface area contributed by atoms with Gasteiger partial charge < -0.3 is 15.6 Å². The second kappa shape index (κ2) is 3.83. The van der Waals surface area contributed by atoms with Crippen molar-refractivity contribution in [3.63, 3.8) is 0 Å². The lowest BCUT2D eigenvalue weighted by atomic mass is 10.3. The summed E-state index contributed by atoms with van der Waals surface area (Å²) in [6.07, 6.45) is 4.51. The minimum Gasteiger partial charge on any atom is -0.506 e. The minimum absolute atomic E-state index is 0.0172. The van der Waals surface area contributed by atoms with Gasteiger partial charge in [-0.05, 0) is 12.1 Å². The van der Waals surface area contributed by atoms with Gasteiger partial charge in [0.1, 0.15) is 11.4 Å². The van der Waals surface area contributed by atoms with E-state index < -0.39 is 0 Å². The van der Waals surface area contributed by atoms with Crippen molar-refractivity contribution >= 4 is 5.69 Å². The van der Waals surface area contributed by atoms with E-state index in [-0.39, 0.29) is 11.4 Å². The summed E-state index contributed by atoms with van der Waals surface area (Å²) in [4.78, 5) is 7.77. The van der Waals surface area contributed by atoms with Crippen LogP contribution in [0.15, 0.2) is 36.8 Å². The van der Waals surface area contributed by atoms with Crippen molar-refractivity contribution in [1.82, 2.24) is 9.97 Å². The minimum atomic E-state index is -0.0172. The molecule has 0 saturated carbocycles. The number of benzene rings is 1. The van der Waals surface area contributed by atoms with Crippen molar-refractivity contribution in [1.29, 1.82) is 0 Å².